The Kier molecular flexibility index (Phi) is 3.33. The quantitative estimate of drug-likeness (QED) is 0.915. The first-order valence-electron chi connectivity index (χ1n) is 6.16. The van der Waals surface area contributed by atoms with E-state index in [0.29, 0.717) is 18.7 Å². The minimum absolute atomic E-state index is 0.187. The van der Waals surface area contributed by atoms with Crippen molar-refractivity contribution in [3.05, 3.63) is 59.4 Å². The molecule has 0 unspecified atom stereocenters. The summed E-state index contributed by atoms with van der Waals surface area (Å²) < 4.78 is 24.2. The summed E-state index contributed by atoms with van der Waals surface area (Å²) in [4.78, 5) is 0. The zero-order valence-electron chi connectivity index (χ0n) is 10.4. The molecule has 2 aromatic carbocycles. The summed E-state index contributed by atoms with van der Waals surface area (Å²) in [5.74, 6) is 1.36. The van der Waals surface area contributed by atoms with E-state index in [1.165, 1.54) is 6.07 Å². The average Bonchev–Trinajstić information content (AvgIpc) is 2.90. The molecule has 19 heavy (non-hydrogen) atoms. The third-order valence-electron chi connectivity index (χ3n) is 3.07. The summed E-state index contributed by atoms with van der Waals surface area (Å²) in [5.41, 5.74) is 1.68. The average molecular weight is 259 g/mol. The van der Waals surface area contributed by atoms with E-state index in [0.717, 1.165) is 17.1 Å². The summed E-state index contributed by atoms with van der Waals surface area (Å²) in [7, 11) is 0. The van der Waals surface area contributed by atoms with E-state index in [4.69, 9.17) is 9.47 Å². The molecule has 0 amide bonds. The molecule has 0 saturated carbocycles. The lowest BCUT2D eigenvalue weighted by atomic mass is 10.1. The van der Waals surface area contributed by atoms with E-state index in [1.807, 2.05) is 24.3 Å². The van der Waals surface area contributed by atoms with E-state index >= 15 is 0 Å². The largest absolute Gasteiger partial charge is 0.454 e. The van der Waals surface area contributed by atoms with Crippen molar-refractivity contribution in [1.82, 2.24) is 5.32 Å². The lowest BCUT2D eigenvalue weighted by molar-refractivity contribution is 0.173. The topological polar surface area (TPSA) is 30.5 Å². The fourth-order valence-corrected chi connectivity index (χ4v) is 2.10. The van der Waals surface area contributed by atoms with Crippen LogP contribution in [0.1, 0.15) is 11.1 Å². The molecule has 0 spiro atoms. The van der Waals surface area contributed by atoms with Gasteiger partial charge in [-0.3, -0.25) is 0 Å². The summed E-state index contributed by atoms with van der Waals surface area (Å²) in [6, 6.07) is 12.5. The van der Waals surface area contributed by atoms with Gasteiger partial charge >= 0.3 is 0 Å². The molecule has 1 heterocycles. The second kappa shape index (κ2) is 5.28. The summed E-state index contributed by atoms with van der Waals surface area (Å²) in [6.07, 6.45) is 0. The highest BCUT2D eigenvalue weighted by Crippen LogP contribution is 2.35. The molecule has 4 heteroatoms. The Morgan fingerprint density at radius 1 is 0.947 bits per heavy atom. The molecule has 2 aromatic rings. The van der Waals surface area contributed by atoms with Crippen molar-refractivity contribution in [2.45, 2.75) is 13.1 Å². The van der Waals surface area contributed by atoms with Crippen molar-refractivity contribution < 1.29 is 13.9 Å². The van der Waals surface area contributed by atoms with Crippen LogP contribution in [0.3, 0.4) is 0 Å². The number of hydrogen-bond donors (Lipinski definition) is 1. The van der Waals surface area contributed by atoms with Crippen molar-refractivity contribution in [2.24, 2.45) is 0 Å². The number of halogens is 1. The number of hydrogen-bond acceptors (Lipinski definition) is 3. The summed E-state index contributed by atoms with van der Waals surface area (Å²) in [6.45, 7) is 1.36. The van der Waals surface area contributed by atoms with Gasteiger partial charge in [-0.25, -0.2) is 4.39 Å². The lowest BCUT2D eigenvalue weighted by Crippen LogP contribution is -2.14. The maximum atomic E-state index is 13.5. The molecule has 0 fully saturated rings. The van der Waals surface area contributed by atoms with Crippen LogP contribution in [0.2, 0.25) is 0 Å². The van der Waals surface area contributed by atoms with E-state index < -0.39 is 0 Å². The molecule has 0 radical (unpaired) electrons. The van der Waals surface area contributed by atoms with Crippen molar-refractivity contribution in [2.75, 3.05) is 6.79 Å². The van der Waals surface area contributed by atoms with Gasteiger partial charge in [0.1, 0.15) is 5.82 Å². The highest BCUT2D eigenvalue weighted by atomic mass is 19.1. The molecule has 0 atom stereocenters. The van der Waals surface area contributed by atoms with Crippen molar-refractivity contribution >= 4 is 0 Å². The van der Waals surface area contributed by atoms with Crippen LogP contribution in [0, 0.1) is 5.82 Å². The zero-order valence-corrected chi connectivity index (χ0v) is 10.4. The number of benzene rings is 2. The zero-order chi connectivity index (χ0) is 13.1. The van der Waals surface area contributed by atoms with Gasteiger partial charge in [0.25, 0.3) is 0 Å². The molecule has 1 N–H and O–H groups in total. The third-order valence-corrected chi connectivity index (χ3v) is 3.07. The molecule has 1 aliphatic rings. The number of nitrogens with one attached hydrogen (secondary N) is 1. The molecule has 0 saturated heterocycles. The van der Waals surface area contributed by atoms with Gasteiger partial charge in [-0.2, -0.15) is 0 Å². The van der Waals surface area contributed by atoms with Crippen LogP contribution in [0.4, 0.5) is 4.39 Å². The minimum Gasteiger partial charge on any atom is -0.454 e. The fraction of sp³-hybridized carbons (Fsp3) is 0.200. The number of rotatable bonds is 4. The predicted molar refractivity (Wildman–Crippen MR) is 69.5 cm³/mol. The van der Waals surface area contributed by atoms with Gasteiger partial charge in [0, 0.05) is 24.2 Å². The van der Waals surface area contributed by atoms with Crippen molar-refractivity contribution in [3.8, 4) is 11.5 Å². The molecule has 3 nitrogen and oxygen atoms in total. The monoisotopic (exact) mass is 259 g/mol. The number of fused-ring (bicyclic) bond motifs is 1. The molecule has 0 aromatic heterocycles. The predicted octanol–water partition coefficient (Wildman–Crippen LogP) is 2.84. The molecule has 1 aliphatic heterocycles. The first kappa shape index (κ1) is 12.0. The normalized spacial score (nSPS) is 12.7. The molecule has 3 rings (SSSR count). The Hall–Kier alpha value is -2.07. The van der Waals surface area contributed by atoms with Gasteiger partial charge in [-0.1, -0.05) is 30.3 Å². The Bertz CT molecular complexity index is 586. The second-order valence-electron chi connectivity index (χ2n) is 4.35. The Labute approximate surface area is 111 Å². The molecule has 98 valence electrons. The first-order chi connectivity index (χ1) is 9.34. The number of ether oxygens (including phenoxy) is 2. The van der Waals surface area contributed by atoms with Crippen LogP contribution in [0.5, 0.6) is 11.5 Å². The van der Waals surface area contributed by atoms with Gasteiger partial charge in [0.05, 0.1) is 0 Å². The highest BCUT2D eigenvalue weighted by Gasteiger charge is 2.16. The number of para-hydroxylation sites is 1. The molecular formula is C15H14FNO2. The van der Waals surface area contributed by atoms with E-state index in [-0.39, 0.29) is 12.6 Å². The molecule has 0 bridgehead atoms. The van der Waals surface area contributed by atoms with Gasteiger partial charge in [0.15, 0.2) is 11.5 Å². The van der Waals surface area contributed by atoms with Gasteiger partial charge < -0.3 is 14.8 Å². The van der Waals surface area contributed by atoms with Crippen molar-refractivity contribution in [1.29, 1.82) is 0 Å². The first-order valence-corrected chi connectivity index (χ1v) is 6.16. The maximum absolute atomic E-state index is 13.5. The maximum Gasteiger partial charge on any atom is 0.231 e. The smallest absolute Gasteiger partial charge is 0.231 e. The van der Waals surface area contributed by atoms with E-state index in [1.54, 1.807) is 12.1 Å². The van der Waals surface area contributed by atoms with E-state index in [2.05, 4.69) is 5.32 Å². The third kappa shape index (κ3) is 2.53. The Morgan fingerprint density at radius 3 is 2.63 bits per heavy atom. The Morgan fingerprint density at radius 2 is 1.74 bits per heavy atom. The Balaban J connectivity index is 1.65. The summed E-state index contributed by atoms with van der Waals surface area (Å²) >= 11 is 0. The lowest BCUT2D eigenvalue weighted by Gasteiger charge is -2.08. The van der Waals surface area contributed by atoms with Crippen LogP contribution in [0.15, 0.2) is 42.5 Å². The molecule has 0 aliphatic carbocycles. The van der Waals surface area contributed by atoms with Crippen LogP contribution < -0.4 is 14.8 Å². The van der Waals surface area contributed by atoms with Crippen LogP contribution in [-0.4, -0.2) is 6.79 Å². The van der Waals surface area contributed by atoms with Gasteiger partial charge in [-0.15, -0.1) is 0 Å². The highest BCUT2D eigenvalue weighted by molar-refractivity contribution is 5.48. The fourth-order valence-electron chi connectivity index (χ4n) is 2.10. The van der Waals surface area contributed by atoms with E-state index in [9.17, 15) is 4.39 Å². The van der Waals surface area contributed by atoms with Gasteiger partial charge in [0.2, 0.25) is 6.79 Å². The van der Waals surface area contributed by atoms with Crippen molar-refractivity contribution in [3.63, 3.8) is 0 Å². The molecular weight excluding hydrogens is 245 g/mol. The second-order valence-corrected chi connectivity index (χ2v) is 4.35. The van der Waals surface area contributed by atoms with Crippen LogP contribution in [-0.2, 0) is 13.1 Å². The van der Waals surface area contributed by atoms with Gasteiger partial charge in [-0.05, 0) is 12.1 Å². The summed E-state index contributed by atoms with van der Waals surface area (Å²) in [5, 5.41) is 3.21. The standard InChI is InChI=1S/C15H14FNO2/c16-13-6-2-1-4-11(13)8-17-9-12-5-3-7-14-15(12)19-10-18-14/h1-7,17H,8-10H2. The van der Waals surface area contributed by atoms with Crippen LogP contribution >= 0.6 is 0 Å². The van der Waals surface area contributed by atoms with Crippen LogP contribution in [0.25, 0.3) is 0 Å². The SMILES string of the molecule is Fc1ccccc1CNCc1cccc2c1OCO2. The minimum atomic E-state index is -0.187.